The van der Waals surface area contributed by atoms with E-state index in [1.165, 1.54) is 25.0 Å². The summed E-state index contributed by atoms with van der Waals surface area (Å²) in [7, 11) is 0. The summed E-state index contributed by atoms with van der Waals surface area (Å²) >= 11 is 0. The number of nitrogens with one attached hydrogen (secondary N) is 1. The molecule has 1 aromatic heterocycles. The fraction of sp³-hybridized carbons (Fsp3) is 0.583. The van der Waals surface area contributed by atoms with Crippen molar-refractivity contribution in [3.8, 4) is 0 Å². The Morgan fingerprint density at radius 1 is 1.40 bits per heavy atom. The first-order chi connectivity index (χ1) is 9.67. The summed E-state index contributed by atoms with van der Waals surface area (Å²) in [4.78, 5) is 19.5. The number of nitro groups is 1. The fourth-order valence-corrected chi connectivity index (χ4v) is 3.04. The van der Waals surface area contributed by atoms with Crippen molar-refractivity contribution in [2.45, 2.75) is 18.9 Å². The Bertz CT molecular complexity index is 523. The lowest BCUT2D eigenvalue weighted by Gasteiger charge is -2.38. The summed E-state index contributed by atoms with van der Waals surface area (Å²) in [5.74, 6) is 6.29. The van der Waals surface area contributed by atoms with E-state index in [-0.39, 0.29) is 5.69 Å². The van der Waals surface area contributed by atoms with Gasteiger partial charge in [0.15, 0.2) is 0 Å². The number of piperazine rings is 1. The van der Waals surface area contributed by atoms with Crippen LogP contribution in [0.3, 0.4) is 0 Å². The predicted octanol–water partition coefficient (Wildman–Crippen LogP) is 0.560. The maximum atomic E-state index is 11.0. The van der Waals surface area contributed by atoms with E-state index in [1.807, 2.05) is 0 Å². The van der Waals surface area contributed by atoms with Crippen LogP contribution in [0.25, 0.3) is 0 Å². The Kier molecular flexibility index (Phi) is 3.41. The monoisotopic (exact) mass is 278 g/mol. The lowest BCUT2D eigenvalue weighted by atomic mass is 10.1. The molecule has 1 unspecified atom stereocenters. The zero-order valence-electron chi connectivity index (χ0n) is 11.2. The Morgan fingerprint density at radius 3 is 3.00 bits per heavy atom. The van der Waals surface area contributed by atoms with E-state index < -0.39 is 4.92 Å². The average Bonchev–Trinajstić information content (AvgIpc) is 2.94. The van der Waals surface area contributed by atoms with E-state index in [4.69, 9.17) is 5.84 Å². The lowest BCUT2D eigenvalue weighted by molar-refractivity contribution is -0.384. The van der Waals surface area contributed by atoms with E-state index in [9.17, 15) is 10.1 Å². The summed E-state index contributed by atoms with van der Waals surface area (Å²) in [6, 6.07) is 3.40. The first-order valence-electron chi connectivity index (χ1n) is 6.79. The number of nitrogens with two attached hydrogens (primary N) is 1. The highest BCUT2D eigenvalue weighted by molar-refractivity contribution is 5.55. The first-order valence-corrected chi connectivity index (χ1v) is 6.79. The molecule has 20 heavy (non-hydrogen) atoms. The van der Waals surface area contributed by atoms with Crippen LogP contribution in [0.4, 0.5) is 17.3 Å². The molecular formula is C12H18N6O2. The highest BCUT2D eigenvalue weighted by Gasteiger charge is 2.31. The largest absolute Gasteiger partial charge is 0.353 e. The Morgan fingerprint density at radius 2 is 2.25 bits per heavy atom. The van der Waals surface area contributed by atoms with E-state index in [1.54, 1.807) is 0 Å². The van der Waals surface area contributed by atoms with Crippen LogP contribution in [0, 0.1) is 10.1 Å². The number of nitrogens with zero attached hydrogens (tertiary/aromatic N) is 4. The number of anilines is 2. The van der Waals surface area contributed by atoms with Crippen LogP contribution < -0.4 is 16.2 Å². The molecule has 2 aliphatic rings. The summed E-state index contributed by atoms with van der Waals surface area (Å²) in [6.07, 6.45) is 2.42. The minimum absolute atomic E-state index is 0.0109. The number of fused-ring (bicyclic) bond motifs is 1. The molecule has 3 rings (SSSR count). The Hall–Kier alpha value is -1.93. The van der Waals surface area contributed by atoms with Gasteiger partial charge in [0.2, 0.25) is 0 Å². The first kappa shape index (κ1) is 13.1. The number of aromatic nitrogens is 1. The SMILES string of the molecule is NNc1cc([N+](=O)[O-])cc(N2CCN3CCCC3C2)n1. The normalized spacial score (nSPS) is 22.6. The number of hydrogen-bond acceptors (Lipinski definition) is 7. The lowest BCUT2D eigenvalue weighted by Crippen LogP contribution is -2.50. The van der Waals surface area contributed by atoms with Crippen LogP contribution in [-0.2, 0) is 0 Å². The summed E-state index contributed by atoms with van der Waals surface area (Å²) in [5.41, 5.74) is 2.41. The third-order valence-corrected chi connectivity index (χ3v) is 4.07. The van der Waals surface area contributed by atoms with Gasteiger partial charge in [0, 0.05) is 25.7 Å². The average molecular weight is 278 g/mol. The van der Waals surface area contributed by atoms with Gasteiger partial charge < -0.3 is 10.3 Å². The molecule has 0 aliphatic carbocycles. The van der Waals surface area contributed by atoms with Gasteiger partial charge in [0.1, 0.15) is 11.6 Å². The van der Waals surface area contributed by atoms with Gasteiger partial charge in [-0.05, 0) is 19.4 Å². The van der Waals surface area contributed by atoms with Crippen molar-refractivity contribution in [2.75, 3.05) is 36.5 Å². The van der Waals surface area contributed by atoms with E-state index >= 15 is 0 Å². The standard InChI is InChI=1S/C12H18N6O2/c13-15-11-6-10(18(19)20)7-12(14-11)17-5-4-16-3-1-2-9(16)8-17/h6-7,9H,1-5,8,13H2,(H,14,15). The minimum atomic E-state index is -0.419. The van der Waals surface area contributed by atoms with Crippen molar-refractivity contribution in [2.24, 2.45) is 5.84 Å². The third kappa shape index (κ3) is 2.39. The smallest absolute Gasteiger partial charge is 0.276 e. The molecule has 2 aliphatic heterocycles. The molecule has 0 spiro atoms. The second kappa shape index (κ2) is 5.22. The van der Waals surface area contributed by atoms with E-state index in [0.717, 1.165) is 26.2 Å². The van der Waals surface area contributed by atoms with Crippen molar-refractivity contribution in [1.29, 1.82) is 0 Å². The topological polar surface area (TPSA) is 101 Å². The van der Waals surface area contributed by atoms with Crippen LogP contribution in [0.15, 0.2) is 12.1 Å². The van der Waals surface area contributed by atoms with Gasteiger partial charge in [0.05, 0.1) is 17.1 Å². The van der Waals surface area contributed by atoms with E-state index in [0.29, 0.717) is 17.7 Å². The van der Waals surface area contributed by atoms with Crippen molar-refractivity contribution in [1.82, 2.24) is 9.88 Å². The quantitative estimate of drug-likeness (QED) is 0.473. The summed E-state index contributed by atoms with van der Waals surface area (Å²) in [5, 5.41) is 11.0. The molecule has 0 radical (unpaired) electrons. The number of hydrogen-bond donors (Lipinski definition) is 2. The number of hydrazine groups is 1. The second-order valence-electron chi connectivity index (χ2n) is 5.25. The van der Waals surface area contributed by atoms with Crippen molar-refractivity contribution in [3.63, 3.8) is 0 Å². The molecule has 3 N–H and O–H groups in total. The van der Waals surface area contributed by atoms with Gasteiger partial charge in [0.25, 0.3) is 5.69 Å². The zero-order chi connectivity index (χ0) is 14.1. The fourth-order valence-electron chi connectivity index (χ4n) is 3.04. The molecule has 0 bridgehead atoms. The Labute approximate surface area is 116 Å². The van der Waals surface area contributed by atoms with Crippen molar-refractivity contribution < 1.29 is 4.92 Å². The van der Waals surface area contributed by atoms with E-state index in [2.05, 4.69) is 20.2 Å². The number of nitrogen functional groups attached to an aromatic ring is 1. The van der Waals surface area contributed by atoms with Gasteiger partial charge in [-0.15, -0.1) is 0 Å². The molecule has 3 heterocycles. The van der Waals surface area contributed by atoms with Gasteiger partial charge in [-0.25, -0.2) is 10.8 Å². The maximum absolute atomic E-state index is 11.0. The number of rotatable bonds is 3. The predicted molar refractivity (Wildman–Crippen MR) is 75.5 cm³/mol. The molecular weight excluding hydrogens is 260 g/mol. The van der Waals surface area contributed by atoms with Gasteiger partial charge in [-0.3, -0.25) is 15.0 Å². The van der Waals surface area contributed by atoms with Crippen molar-refractivity contribution in [3.05, 3.63) is 22.2 Å². The van der Waals surface area contributed by atoms with Crippen LogP contribution in [0.5, 0.6) is 0 Å². The van der Waals surface area contributed by atoms with Crippen LogP contribution >= 0.6 is 0 Å². The molecule has 2 saturated heterocycles. The second-order valence-corrected chi connectivity index (χ2v) is 5.25. The zero-order valence-corrected chi connectivity index (χ0v) is 11.2. The molecule has 8 nitrogen and oxygen atoms in total. The van der Waals surface area contributed by atoms with Crippen LogP contribution in [-0.4, -0.2) is 47.0 Å². The molecule has 2 fully saturated rings. The summed E-state index contributed by atoms with van der Waals surface area (Å²) in [6.45, 7) is 3.86. The Balaban J connectivity index is 1.85. The third-order valence-electron chi connectivity index (χ3n) is 4.07. The maximum Gasteiger partial charge on any atom is 0.276 e. The molecule has 0 aromatic carbocycles. The molecule has 8 heteroatoms. The number of pyridine rings is 1. The summed E-state index contributed by atoms with van der Waals surface area (Å²) < 4.78 is 0. The van der Waals surface area contributed by atoms with Crippen LogP contribution in [0.1, 0.15) is 12.8 Å². The minimum Gasteiger partial charge on any atom is -0.353 e. The highest BCUT2D eigenvalue weighted by Crippen LogP contribution is 2.27. The van der Waals surface area contributed by atoms with Gasteiger partial charge in [-0.2, -0.15) is 0 Å². The highest BCUT2D eigenvalue weighted by atomic mass is 16.6. The van der Waals surface area contributed by atoms with Gasteiger partial charge >= 0.3 is 0 Å². The molecule has 1 atom stereocenters. The van der Waals surface area contributed by atoms with Crippen LogP contribution in [0.2, 0.25) is 0 Å². The van der Waals surface area contributed by atoms with Crippen molar-refractivity contribution >= 4 is 17.3 Å². The molecule has 1 aromatic rings. The molecule has 0 amide bonds. The van der Waals surface area contributed by atoms with Gasteiger partial charge in [-0.1, -0.05) is 0 Å². The molecule has 0 saturated carbocycles. The molecule has 108 valence electrons.